The molecule has 2 amide bonds. The molecule has 0 bridgehead atoms. The molecule has 0 aliphatic carbocycles. The number of amides is 2. The summed E-state index contributed by atoms with van der Waals surface area (Å²) in [6, 6.07) is 13.2. The van der Waals surface area contributed by atoms with Crippen molar-refractivity contribution in [2.24, 2.45) is 0 Å². The van der Waals surface area contributed by atoms with Crippen LogP contribution in [0.25, 0.3) is 0 Å². The van der Waals surface area contributed by atoms with E-state index in [2.05, 4.69) is 5.32 Å². The number of hydrogen-bond acceptors (Lipinski definition) is 2. The molecule has 0 radical (unpaired) electrons. The van der Waals surface area contributed by atoms with Crippen molar-refractivity contribution in [1.82, 2.24) is 4.90 Å². The van der Waals surface area contributed by atoms with Crippen molar-refractivity contribution in [1.29, 1.82) is 0 Å². The van der Waals surface area contributed by atoms with E-state index in [1.807, 2.05) is 61.2 Å². The summed E-state index contributed by atoms with van der Waals surface area (Å²) in [6.45, 7) is 5.78. The smallest absolute Gasteiger partial charge is 0.255 e. The SMILES string of the molecule is Cc1ccc(C(=O)Nc2ccc(CC(=O)N3CCCCC3)cc2)cc1C. The Morgan fingerprint density at radius 2 is 1.62 bits per heavy atom. The second-order valence-electron chi connectivity index (χ2n) is 7.07. The van der Waals surface area contributed by atoms with Crippen LogP contribution in [0.4, 0.5) is 5.69 Å². The highest BCUT2D eigenvalue weighted by Crippen LogP contribution is 2.16. The fraction of sp³-hybridized carbons (Fsp3) is 0.364. The van der Waals surface area contributed by atoms with Gasteiger partial charge in [-0.25, -0.2) is 0 Å². The van der Waals surface area contributed by atoms with Crippen LogP contribution in [0.2, 0.25) is 0 Å². The summed E-state index contributed by atoms with van der Waals surface area (Å²) in [4.78, 5) is 26.7. The lowest BCUT2D eigenvalue weighted by atomic mass is 10.1. The number of likely N-dealkylation sites (tertiary alicyclic amines) is 1. The number of carbonyl (C=O) groups is 2. The first-order chi connectivity index (χ1) is 12.5. The highest BCUT2D eigenvalue weighted by Gasteiger charge is 2.16. The normalized spacial score (nSPS) is 14.2. The number of piperidine rings is 1. The molecule has 4 heteroatoms. The summed E-state index contributed by atoms with van der Waals surface area (Å²) in [5.74, 6) is 0.0712. The summed E-state index contributed by atoms with van der Waals surface area (Å²) in [5.41, 5.74) is 4.64. The predicted molar refractivity (Wildman–Crippen MR) is 104 cm³/mol. The van der Waals surface area contributed by atoms with Crippen molar-refractivity contribution in [3.63, 3.8) is 0 Å². The summed E-state index contributed by atoms with van der Waals surface area (Å²) in [5, 5.41) is 2.91. The Morgan fingerprint density at radius 3 is 2.27 bits per heavy atom. The molecule has 3 rings (SSSR count). The van der Waals surface area contributed by atoms with Gasteiger partial charge in [-0.3, -0.25) is 9.59 Å². The van der Waals surface area contributed by atoms with Crippen molar-refractivity contribution in [2.45, 2.75) is 39.5 Å². The van der Waals surface area contributed by atoms with E-state index >= 15 is 0 Å². The fourth-order valence-corrected chi connectivity index (χ4v) is 3.22. The van der Waals surface area contributed by atoms with Crippen molar-refractivity contribution in [2.75, 3.05) is 18.4 Å². The minimum absolute atomic E-state index is 0.120. The third kappa shape index (κ3) is 4.51. The number of anilines is 1. The second-order valence-corrected chi connectivity index (χ2v) is 7.07. The first-order valence-corrected chi connectivity index (χ1v) is 9.28. The van der Waals surface area contributed by atoms with Gasteiger partial charge in [0.25, 0.3) is 5.91 Å². The van der Waals surface area contributed by atoms with Gasteiger partial charge in [0, 0.05) is 24.3 Å². The molecule has 0 aromatic heterocycles. The second kappa shape index (κ2) is 8.17. The zero-order valence-corrected chi connectivity index (χ0v) is 15.5. The van der Waals surface area contributed by atoms with E-state index in [1.54, 1.807) is 0 Å². The molecule has 26 heavy (non-hydrogen) atoms. The minimum atomic E-state index is -0.120. The maximum absolute atomic E-state index is 12.4. The van der Waals surface area contributed by atoms with Gasteiger partial charge >= 0.3 is 0 Å². The Balaban J connectivity index is 1.59. The van der Waals surface area contributed by atoms with E-state index in [9.17, 15) is 9.59 Å². The van der Waals surface area contributed by atoms with Crippen LogP contribution in [-0.4, -0.2) is 29.8 Å². The van der Waals surface area contributed by atoms with Gasteiger partial charge in [-0.2, -0.15) is 0 Å². The van der Waals surface area contributed by atoms with Crippen LogP contribution < -0.4 is 5.32 Å². The van der Waals surface area contributed by atoms with E-state index < -0.39 is 0 Å². The molecule has 1 aliphatic heterocycles. The molecule has 0 unspecified atom stereocenters. The lowest BCUT2D eigenvalue weighted by molar-refractivity contribution is -0.131. The minimum Gasteiger partial charge on any atom is -0.342 e. The Kier molecular flexibility index (Phi) is 5.71. The molecular weight excluding hydrogens is 324 g/mol. The van der Waals surface area contributed by atoms with Crippen molar-refractivity contribution < 1.29 is 9.59 Å². The molecule has 2 aromatic carbocycles. The van der Waals surface area contributed by atoms with E-state index in [-0.39, 0.29) is 11.8 Å². The molecule has 1 fully saturated rings. The molecule has 0 atom stereocenters. The molecule has 1 aliphatic rings. The number of aryl methyl sites for hydroxylation is 2. The number of nitrogens with zero attached hydrogens (tertiary/aromatic N) is 1. The zero-order chi connectivity index (χ0) is 18.5. The monoisotopic (exact) mass is 350 g/mol. The average molecular weight is 350 g/mol. The third-order valence-corrected chi connectivity index (χ3v) is 5.05. The Labute approximate surface area is 155 Å². The Bertz CT molecular complexity index is 790. The highest BCUT2D eigenvalue weighted by molar-refractivity contribution is 6.04. The van der Waals surface area contributed by atoms with E-state index in [0.29, 0.717) is 12.0 Å². The van der Waals surface area contributed by atoms with Crippen LogP contribution in [0.5, 0.6) is 0 Å². The van der Waals surface area contributed by atoms with Gasteiger partial charge < -0.3 is 10.2 Å². The average Bonchev–Trinajstić information content (AvgIpc) is 2.66. The zero-order valence-electron chi connectivity index (χ0n) is 15.5. The van der Waals surface area contributed by atoms with E-state index in [1.165, 1.54) is 12.0 Å². The largest absolute Gasteiger partial charge is 0.342 e. The van der Waals surface area contributed by atoms with Crippen molar-refractivity contribution in [3.05, 3.63) is 64.7 Å². The van der Waals surface area contributed by atoms with Gasteiger partial charge in [0.2, 0.25) is 5.91 Å². The highest BCUT2D eigenvalue weighted by atomic mass is 16.2. The first-order valence-electron chi connectivity index (χ1n) is 9.28. The molecule has 136 valence electrons. The molecule has 0 saturated carbocycles. The van der Waals surface area contributed by atoms with Gasteiger partial charge in [0.1, 0.15) is 0 Å². The molecule has 1 saturated heterocycles. The lowest BCUT2D eigenvalue weighted by Gasteiger charge is -2.26. The van der Waals surface area contributed by atoms with Gasteiger partial charge in [0.15, 0.2) is 0 Å². The maximum atomic E-state index is 12.4. The van der Waals surface area contributed by atoms with E-state index in [0.717, 1.165) is 42.7 Å². The molecule has 1 heterocycles. The van der Waals surface area contributed by atoms with Crippen LogP contribution in [0.1, 0.15) is 46.3 Å². The molecular formula is C22H26N2O2. The Morgan fingerprint density at radius 1 is 0.923 bits per heavy atom. The van der Waals surface area contributed by atoms with Crippen LogP contribution in [0.15, 0.2) is 42.5 Å². The van der Waals surface area contributed by atoms with Crippen LogP contribution >= 0.6 is 0 Å². The quantitative estimate of drug-likeness (QED) is 0.902. The maximum Gasteiger partial charge on any atom is 0.255 e. The van der Waals surface area contributed by atoms with Gasteiger partial charge in [-0.1, -0.05) is 18.2 Å². The summed E-state index contributed by atoms with van der Waals surface area (Å²) in [7, 11) is 0. The van der Waals surface area contributed by atoms with Gasteiger partial charge in [-0.15, -0.1) is 0 Å². The number of rotatable bonds is 4. The van der Waals surface area contributed by atoms with Crippen molar-refractivity contribution >= 4 is 17.5 Å². The van der Waals surface area contributed by atoms with Gasteiger partial charge in [0.05, 0.1) is 6.42 Å². The molecule has 0 spiro atoms. The summed E-state index contributed by atoms with van der Waals surface area (Å²) < 4.78 is 0. The predicted octanol–water partition coefficient (Wildman–Crippen LogP) is 4.11. The number of hydrogen-bond donors (Lipinski definition) is 1. The molecule has 2 aromatic rings. The number of carbonyl (C=O) groups excluding carboxylic acids is 2. The van der Waals surface area contributed by atoms with Crippen LogP contribution in [-0.2, 0) is 11.2 Å². The van der Waals surface area contributed by atoms with E-state index in [4.69, 9.17) is 0 Å². The molecule has 4 nitrogen and oxygen atoms in total. The Hall–Kier alpha value is -2.62. The van der Waals surface area contributed by atoms with Gasteiger partial charge in [-0.05, 0) is 74.1 Å². The number of benzene rings is 2. The number of nitrogens with one attached hydrogen (secondary N) is 1. The molecule has 1 N–H and O–H groups in total. The lowest BCUT2D eigenvalue weighted by Crippen LogP contribution is -2.36. The van der Waals surface area contributed by atoms with Crippen LogP contribution in [0.3, 0.4) is 0 Å². The fourth-order valence-electron chi connectivity index (χ4n) is 3.22. The first kappa shape index (κ1) is 18.2. The third-order valence-electron chi connectivity index (χ3n) is 5.05. The topological polar surface area (TPSA) is 49.4 Å². The summed E-state index contributed by atoms with van der Waals surface area (Å²) >= 11 is 0. The van der Waals surface area contributed by atoms with Crippen molar-refractivity contribution in [3.8, 4) is 0 Å². The summed E-state index contributed by atoms with van der Waals surface area (Å²) in [6.07, 6.45) is 3.86. The van der Waals surface area contributed by atoms with Crippen LogP contribution in [0, 0.1) is 13.8 Å². The standard InChI is InChI=1S/C22H26N2O2/c1-16-6-9-19(14-17(16)2)22(26)23-20-10-7-18(8-11-20)15-21(25)24-12-4-3-5-13-24/h6-11,14H,3-5,12-13,15H2,1-2H3,(H,23,26).